The average molecular weight is 385 g/mol. The van der Waals surface area contributed by atoms with Crippen LogP contribution in [0.25, 0.3) is 0 Å². The van der Waals surface area contributed by atoms with Crippen molar-refractivity contribution in [1.82, 2.24) is 5.32 Å². The lowest BCUT2D eigenvalue weighted by Gasteiger charge is -2.08. The third kappa shape index (κ3) is 6.20. The van der Waals surface area contributed by atoms with Gasteiger partial charge in [0.15, 0.2) is 6.61 Å². The number of nitro groups is 1. The van der Waals surface area contributed by atoms with Gasteiger partial charge in [-0.25, -0.2) is 0 Å². The van der Waals surface area contributed by atoms with Gasteiger partial charge in [-0.15, -0.1) is 0 Å². The highest BCUT2D eigenvalue weighted by molar-refractivity contribution is 5.97. The van der Waals surface area contributed by atoms with E-state index >= 15 is 0 Å². The van der Waals surface area contributed by atoms with Gasteiger partial charge in [-0.2, -0.15) is 0 Å². The Balaban J connectivity index is 1.75. The van der Waals surface area contributed by atoms with Crippen molar-refractivity contribution in [1.29, 1.82) is 0 Å². The molecule has 0 aliphatic heterocycles. The number of carbonyl (C=O) groups is 3. The van der Waals surface area contributed by atoms with Crippen molar-refractivity contribution in [3.63, 3.8) is 0 Å². The maximum absolute atomic E-state index is 11.9. The molecule has 0 aliphatic rings. The number of amides is 2. The Kier molecular flexibility index (Phi) is 7.21. The topological polar surface area (TPSA) is 128 Å². The van der Waals surface area contributed by atoms with Crippen molar-refractivity contribution in [3.05, 3.63) is 69.8 Å². The Hall–Kier alpha value is -3.75. The highest BCUT2D eigenvalue weighted by atomic mass is 16.6. The van der Waals surface area contributed by atoms with E-state index in [0.29, 0.717) is 5.69 Å². The second-order valence-corrected chi connectivity index (χ2v) is 5.75. The van der Waals surface area contributed by atoms with E-state index in [2.05, 4.69) is 10.6 Å². The molecule has 0 atom stereocenters. The molecule has 0 saturated heterocycles. The van der Waals surface area contributed by atoms with Crippen molar-refractivity contribution < 1.29 is 24.0 Å². The Bertz CT molecular complexity index is 879. The maximum atomic E-state index is 11.9. The number of ether oxygens (including phenoxy) is 1. The molecular weight excluding hydrogens is 366 g/mol. The summed E-state index contributed by atoms with van der Waals surface area (Å²) in [5.74, 6) is -1.99. The van der Waals surface area contributed by atoms with Crippen LogP contribution in [0.2, 0.25) is 0 Å². The van der Waals surface area contributed by atoms with E-state index in [0.717, 1.165) is 18.1 Å². The molecule has 9 nitrogen and oxygen atoms in total. The third-order valence-electron chi connectivity index (χ3n) is 3.72. The molecule has 146 valence electrons. The van der Waals surface area contributed by atoms with E-state index in [4.69, 9.17) is 4.74 Å². The number of anilines is 1. The van der Waals surface area contributed by atoms with E-state index < -0.39 is 35.9 Å². The quantitative estimate of drug-likeness (QED) is 0.407. The number of nitro benzene ring substituents is 1. The van der Waals surface area contributed by atoms with Gasteiger partial charge in [0.2, 0.25) is 0 Å². The molecule has 0 spiro atoms. The minimum absolute atomic E-state index is 0.0373. The highest BCUT2D eigenvalue weighted by Gasteiger charge is 2.13. The molecule has 2 N–H and O–H groups in total. The molecule has 0 unspecified atom stereocenters. The number of rotatable bonds is 8. The summed E-state index contributed by atoms with van der Waals surface area (Å²) in [6.07, 6.45) is 0.883. The number of hydrogen-bond acceptors (Lipinski definition) is 6. The molecule has 0 fully saturated rings. The molecule has 2 aromatic rings. The minimum Gasteiger partial charge on any atom is -0.454 e. The molecule has 0 aliphatic carbocycles. The van der Waals surface area contributed by atoms with Crippen LogP contribution in [-0.2, 0) is 20.7 Å². The van der Waals surface area contributed by atoms with Crippen molar-refractivity contribution in [2.75, 3.05) is 18.5 Å². The monoisotopic (exact) mass is 385 g/mol. The van der Waals surface area contributed by atoms with Crippen molar-refractivity contribution in [2.45, 2.75) is 13.3 Å². The molecular formula is C19H19N3O6. The van der Waals surface area contributed by atoms with Crippen molar-refractivity contribution >= 4 is 29.2 Å². The predicted octanol–water partition coefficient (Wildman–Crippen LogP) is 2.07. The van der Waals surface area contributed by atoms with Crippen LogP contribution in [0.5, 0.6) is 0 Å². The summed E-state index contributed by atoms with van der Waals surface area (Å²) in [6.45, 7) is 1.05. The largest absolute Gasteiger partial charge is 0.454 e. The molecule has 9 heteroatoms. The first kappa shape index (κ1) is 20.6. The van der Waals surface area contributed by atoms with Crippen molar-refractivity contribution in [3.8, 4) is 0 Å². The lowest BCUT2D eigenvalue weighted by Crippen LogP contribution is -2.32. The summed E-state index contributed by atoms with van der Waals surface area (Å²) in [5, 5.41) is 15.6. The first-order chi connectivity index (χ1) is 13.4. The summed E-state index contributed by atoms with van der Waals surface area (Å²) in [4.78, 5) is 45.5. The van der Waals surface area contributed by atoms with Gasteiger partial charge in [-0.3, -0.25) is 24.5 Å². The summed E-state index contributed by atoms with van der Waals surface area (Å²) in [6, 6.07) is 12.3. The fourth-order valence-electron chi connectivity index (χ4n) is 2.23. The smallest absolute Gasteiger partial charge is 0.325 e. The number of aryl methyl sites for hydroxylation is 1. The van der Waals surface area contributed by atoms with E-state index in [-0.39, 0.29) is 11.3 Å². The molecule has 0 bridgehead atoms. The number of esters is 1. The number of carbonyl (C=O) groups excluding carboxylic acids is 3. The zero-order chi connectivity index (χ0) is 20.5. The van der Waals surface area contributed by atoms with Crippen LogP contribution >= 0.6 is 0 Å². The SMILES string of the molecule is CCc1ccc(NC(=O)COC(=O)CNC(=O)c2cccc([N+](=O)[O-])c2)cc1. The van der Waals surface area contributed by atoms with Crippen LogP contribution in [0.4, 0.5) is 11.4 Å². The van der Waals surface area contributed by atoms with E-state index in [9.17, 15) is 24.5 Å². The predicted molar refractivity (Wildman–Crippen MR) is 101 cm³/mol. The van der Waals surface area contributed by atoms with Gasteiger partial charge in [-0.05, 0) is 30.2 Å². The van der Waals surface area contributed by atoms with Crippen LogP contribution in [0.3, 0.4) is 0 Å². The van der Waals surface area contributed by atoms with Gasteiger partial charge >= 0.3 is 5.97 Å². The van der Waals surface area contributed by atoms with Gasteiger partial charge in [0.25, 0.3) is 17.5 Å². The first-order valence-electron chi connectivity index (χ1n) is 8.46. The Morgan fingerprint density at radius 3 is 2.46 bits per heavy atom. The Morgan fingerprint density at radius 1 is 1.11 bits per heavy atom. The lowest BCUT2D eigenvalue weighted by atomic mass is 10.1. The van der Waals surface area contributed by atoms with Crippen molar-refractivity contribution in [2.24, 2.45) is 0 Å². The van der Waals surface area contributed by atoms with Crippen LogP contribution in [0, 0.1) is 10.1 Å². The molecule has 2 aromatic carbocycles. The van der Waals surface area contributed by atoms with Gasteiger partial charge in [0, 0.05) is 23.4 Å². The van der Waals surface area contributed by atoms with Crippen LogP contribution in [0.1, 0.15) is 22.8 Å². The number of nitrogens with one attached hydrogen (secondary N) is 2. The molecule has 0 radical (unpaired) electrons. The van der Waals surface area contributed by atoms with Gasteiger partial charge < -0.3 is 15.4 Å². The summed E-state index contributed by atoms with van der Waals surface area (Å²) in [7, 11) is 0. The lowest BCUT2D eigenvalue weighted by molar-refractivity contribution is -0.384. The van der Waals surface area contributed by atoms with E-state index in [1.165, 1.54) is 18.2 Å². The van der Waals surface area contributed by atoms with Crippen LogP contribution in [-0.4, -0.2) is 35.9 Å². The second-order valence-electron chi connectivity index (χ2n) is 5.75. The summed E-state index contributed by atoms with van der Waals surface area (Å²) >= 11 is 0. The molecule has 0 heterocycles. The fraction of sp³-hybridized carbons (Fsp3) is 0.211. The summed E-state index contributed by atoms with van der Waals surface area (Å²) < 4.78 is 4.80. The second kappa shape index (κ2) is 9.81. The number of hydrogen-bond donors (Lipinski definition) is 2. The minimum atomic E-state index is -0.810. The fourth-order valence-corrected chi connectivity index (χ4v) is 2.23. The normalized spacial score (nSPS) is 10.0. The maximum Gasteiger partial charge on any atom is 0.325 e. The summed E-state index contributed by atoms with van der Waals surface area (Å²) in [5.41, 5.74) is 1.51. The average Bonchev–Trinajstić information content (AvgIpc) is 2.71. The van der Waals surface area contributed by atoms with Gasteiger partial charge in [0.05, 0.1) is 4.92 Å². The van der Waals surface area contributed by atoms with E-state index in [1.54, 1.807) is 12.1 Å². The van der Waals surface area contributed by atoms with Crippen LogP contribution in [0.15, 0.2) is 48.5 Å². The molecule has 2 rings (SSSR count). The number of benzene rings is 2. The molecule has 0 aromatic heterocycles. The number of non-ortho nitro benzene ring substituents is 1. The van der Waals surface area contributed by atoms with Crippen LogP contribution < -0.4 is 10.6 Å². The molecule has 28 heavy (non-hydrogen) atoms. The molecule has 0 saturated carbocycles. The van der Waals surface area contributed by atoms with Gasteiger partial charge in [0.1, 0.15) is 6.54 Å². The Labute approximate surface area is 160 Å². The number of nitrogens with zero attached hydrogens (tertiary/aromatic N) is 1. The zero-order valence-electron chi connectivity index (χ0n) is 15.1. The molecule has 2 amide bonds. The highest BCUT2D eigenvalue weighted by Crippen LogP contribution is 2.13. The third-order valence-corrected chi connectivity index (χ3v) is 3.72. The standard InChI is InChI=1S/C19H19N3O6/c1-2-13-6-8-15(9-7-13)21-17(23)12-28-18(24)11-20-19(25)14-4-3-5-16(10-14)22(26)27/h3-10H,2,11-12H2,1H3,(H,20,25)(H,21,23). The van der Waals surface area contributed by atoms with Gasteiger partial charge in [-0.1, -0.05) is 25.1 Å². The Morgan fingerprint density at radius 2 is 1.82 bits per heavy atom. The first-order valence-corrected chi connectivity index (χ1v) is 8.46. The van der Waals surface area contributed by atoms with E-state index in [1.807, 2.05) is 19.1 Å². The zero-order valence-corrected chi connectivity index (χ0v) is 15.1.